The van der Waals surface area contributed by atoms with Crippen LogP contribution in [0.15, 0.2) is 36.5 Å². The summed E-state index contributed by atoms with van der Waals surface area (Å²) in [6.07, 6.45) is 29.3. The van der Waals surface area contributed by atoms with Gasteiger partial charge in [0, 0.05) is 6.42 Å². The van der Waals surface area contributed by atoms with Gasteiger partial charge in [-0.2, -0.15) is 0 Å². The van der Waals surface area contributed by atoms with Gasteiger partial charge in [-0.15, -0.1) is 0 Å². The van der Waals surface area contributed by atoms with Crippen LogP contribution in [-0.2, 0) is 4.79 Å². The van der Waals surface area contributed by atoms with Crippen LogP contribution in [-0.4, -0.2) is 11.1 Å². The highest BCUT2D eigenvalue weighted by atomic mass is 16.4. The summed E-state index contributed by atoms with van der Waals surface area (Å²) >= 11 is 0. The van der Waals surface area contributed by atoms with Crippen LogP contribution in [0.2, 0.25) is 0 Å². The van der Waals surface area contributed by atoms with Crippen LogP contribution in [0, 0.1) is 0 Å². The summed E-state index contributed by atoms with van der Waals surface area (Å²) in [7, 11) is 0. The van der Waals surface area contributed by atoms with E-state index in [4.69, 9.17) is 5.11 Å². The third-order valence-corrected chi connectivity index (χ3v) is 4.04. The van der Waals surface area contributed by atoms with Gasteiger partial charge in [-0.05, 0) is 44.9 Å². The maximum atomic E-state index is 10.3. The lowest BCUT2D eigenvalue weighted by Crippen LogP contribution is -1.91. The normalized spacial score (nSPS) is 12.0. The van der Waals surface area contributed by atoms with Crippen LogP contribution >= 0.6 is 0 Å². The van der Waals surface area contributed by atoms with Gasteiger partial charge in [0.15, 0.2) is 0 Å². The minimum absolute atomic E-state index is 0.220. The van der Waals surface area contributed by atoms with Crippen LogP contribution in [0.3, 0.4) is 0 Å². The second kappa shape index (κ2) is 19.7. The van der Waals surface area contributed by atoms with Crippen molar-refractivity contribution in [3.05, 3.63) is 36.5 Å². The Morgan fingerprint density at radius 2 is 1.12 bits per heavy atom. The monoisotopic (exact) mass is 334 g/mol. The molecule has 0 saturated heterocycles. The largest absolute Gasteiger partial charge is 0.481 e. The van der Waals surface area contributed by atoms with E-state index in [1.165, 1.54) is 70.6 Å². The first-order valence-corrected chi connectivity index (χ1v) is 9.95. The van der Waals surface area contributed by atoms with Crippen LogP contribution in [0.4, 0.5) is 0 Å². The van der Waals surface area contributed by atoms with E-state index in [-0.39, 0.29) is 6.42 Å². The topological polar surface area (TPSA) is 37.3 Å². The highest BCUT2D eigenvalue weighted by Crippen LogP contribution is 2.08. The molecule has 0 rings (SSSR count). The minimum atomic E-state index is -0.731. The fourth-order valence-corrected chi connectivity index (χ4v) is 2.54. The van der Waals surface area contributed by atoms with Gasteiger partial charge in [0.1, 0.15) is 0 Å². The van der Waals surface area contributed by atoms with Gasteiger partial charge < -0.3 is 5.11 Å². The third-order valence-electron chi connectivity index (χ3n) is 4.04. The lowest BCUT2D eigenvalue weighted by Gasteiger charge is -1.98. The Kier molecular flexibility index (Phi) is 18.7. The van der Waals surface area contributed by atoms with Crippen molar-refractivity contribution in [1.29, 1.82) is 0 Å². The van der Waals surface area contributed by atoms with Gasteiger partial charge in [0.25, 0.3) is 0 Å². The van der Waals surface area contributed by atoms with E-state index in [2.05, 4.69) is 25.2 Å². The second-order valence-electron chi connectivity index (χ2n) is 6.45. The predicted molar refractivity (Wildman–Crippen MR) is 105 cm³/mol. The highest BCUT2D eigenvalue weighted by Gasteiger charge is 1.91. The molecule has 2 heteroatoms. The van der Waals surface area contributed by atoms with Crippen molar-refractivity contribution >= 4 is 5.97 Å². The molecule has 0 aliphatic heterocycles. The van der Waals surface area contributed by atoms with E-state index >= 15 is 0 Å². The molecule has 0 radical (unpaired) electrons. The fourth-order valence-electron chi connectivity index (χ4n) is 2.54. The molecule has 0 bridgehead atoms. The number of rotatable bonds is 17. The van der Waals surface area contributed by atoms with Crippen molar-refractivity contribution in [2.24, 2.45) is 0 Å². The van der Waals surface area contributed by atoms with Crippen LogP contribution in [0.5, 0.6) is 0 Å². The molecule has 1 N–H and O–H groups in total. The van der Waals surface area contributed by atoms with Gasteiger partial charge in [-0.25, -0.2) is 0 Å². The van der Waals surface area contributed by atoms with E-state index in [1.54, 1.807) is 0 Å². The van der Waals surface area contributed by atoms with Crippen LogP contribution in [0.1, 0.15) is 96.8 Å². The second-order valence-corrected chi connectivity index (χ2v) is 6.45. The summed E-state index contributed by atoms with van der Waals surface area (Å²) in [4.78, 5) is 10.3. The van der Waals surface area contributed by atoms with E-state index in [9.17, 15) is 4.79 Å². The van der Waals surface area contributed by atoms with E-state index < -0.39 is 5.97 Å². The number of allylic oxidation sites excluding steroid dienone is 6. The molecule has 0 amide bonds. The Morgan fingerprint density at radius 3 is 1.62 bits per heavy atom. The molecule has 0 atom stereocenters. The molecule has 0 heterocycles. The number of carboxylic acid groups (broad SMARTS) is 1. The first-order chi connectivity index (χ1) is 11.8. The Balaban J connectivity index is 3.23. The molecule has 0 aromatic rings. The summed E-state index contributed by atoms with van der Waals surface area (Å²) in [6.45, 7) is 2.26. The Bertz CT molecular complexity index is 353. The maximum absolute atomic E-state index is 10.3. The number of unbranched alkanes of at least 4 members (excludes halogenated alkanes) is 10. The van der Waals surface area contributed by atoms with Gasteiger partial charge in [-0.3, -0.25) is 4.79 Å². The Morgan fingerprint density at radius 1 is 0.667 bits per heavy atom. The van der Waals surface area contributed by atoms with Gasteiger partial charge in [-0.1, -0.05) is 81.9 Å². The summed E-state index contributed by atoms with van der Waals surface area (Å²) in [5, 5.41) is 8.50. The molecule has 0 fully saturated rings. The average molecular weight is 335 g/mol. The molecular weight excluding hydrogens is 296 g/mol. The number of hydrogen-bond acceptors (Lipinski definition) is 1. The van der Waals surface area contributed by atoms with Crippen LogP contribution < -0.4 is 0 Å². The molecular formula is C22H38O2. The zero-order chi connectivity index (χ0) is 17.7. The number of carboxylic acids is 1. The Labute approximate surface area is 149 Å². The molecule has 0 aliphatic rings. The summed E-state index contributed by atoms with van der Waals surface area (Å²) in [5.74, 6) is -0.731. The van der Waals surface area contributed by atoms with Gasteiger partial charge >= 0.3 is 5.97 Å². The number of carbonyl (C=O) groups is 1. The molecule has 0 aliphatic carbocycles. The molecule has 0 spiro atoms. The molecule has 138 valence electrons. The maximum Gasteiger partial charge on any atom is 0.303 e. The van der Waals surface area contributed by atoms with Crippen molar-refractivity contribution in [3.63, 3.8) is 0 Å². The van der Waals surface area contributed by atoms with Crippen molar-refractivity contribution in [1.82, 2.24) is 0 Å². The van der Waals surface area contributed by atoms with Crippen LogP contribution in [0.25, 0.3) is 0 Å². The molecule has 2 nitrogen and oxygen atoms in total. The third kappa shape index (κ3) is 20.7. The van der Waals surface area contributed by atoms with E-state index in [1.807, 2.05) is 18.2 Å². The lowest BCUT2D eigenvalue weighted by molar-refractivity contribution is -0.136. The molecule has 0 saturated carbocycles. The van der Waals surface area contributed by atoms with Crippen molar-refractivity contribution in [2.75, 3.05) is 0 Å². The average Bonchev–Trinajstić information content (AvgIpc) is 2.56. The predicted octanol–water partition coefficient (Wildman–Crippen LogP) is 7.22. The highest BCUT2D eigenvalue weighted by molar-refractivity contribution is 5.66. The Hall–Kier alpha value is -1.31. The fraction of sp³-hybridized carbons (Fsp3) is 0.682. The van der Waals surface area contributed by atoms with Crippen molar-refractivity contribution < 1.29 is 9.90 Å². The summed E-state index contributed by atoms with van der Waals surface area (Å²) < 4.78 is 0. The van der Waals surface area contributed by atoms with Gasteiger partial charge in [0.05, 0.1) is 0 Å². The van der Waals surface area contributed by atoms with Gasteiger partial charge in [0.2, 0.25) is 0 Å². The quantitative estimate of drug-likeness (QED) is 0.173. The SMILES string of the molecule is CCCCCCC/C=C/CCCCCC/C=C/C=C/CCC(=O)O. The molecule has 0 aromatic carbocycles. The first-order valence-electron chi connectivity index (χ1n) is 9.95. The van der Waals surface area contributed by atoms with E-state index in [0.717, 1.165) is 6.42 Å². The first kappa shape index (κ1) is 22.7. The van der Waals surface area contributed by atoms with Crippen molar-refractivity contribution in [3.8, 4) is 0 Å². The molecule has 0 aromatic heterocycles. The smallest absolute Gasteiger partial charge is 0.303 e. The lowest BCUT2D eigenvalue weighted by atomic mass is 10.1. The van der Waals surface area contributed by atoms with E-state index in [0.29, 0.717) is 6.42 Å². The number of aliphatic carboxylic acids is 1. The number of hydrogen-bond donors (Lipinski definition) is 1. The minimum Gasteiger partial charge on any atom is -0.481 e. The zero-order valence-corrected chi connectivity index (χ0v) is 15.7. The van der Waals surface area contributed by atoms with Crippen molar-refractivity contribution in [2.45, 2.75) is 96.8 Å². The summed E-state index contributed by atoms with van der Waals surface area (Å²) in [6, 6.07) is 0. The molecule has 24 heavy (non-hydrogen) atoms. The zero-order valence-electron chi connectivity index (χ0n) is 15.7. The standard InChI is InChI=1S/C22H38O2/c1-2-3-4-5-6-7-8-9-10-11-12-13-14-15-16-17-18-19-20-21-22(23)24/h8-9,16-19H,2-7,10-15,20-21H2,1H3,(H,23,24)/b9-8+,17-16+,19-18+. The molecule has 0 unspecified atom stereocenters. The summed E-state index contributed by atoms with van der Waals surface area (Å²) in [5.41, 5.74) is 0.